The number of nitrogens with zero attached hydrogens (tertiary/aromatic N) is 2. The molecule has 0 spiro atoms. The third-order valence-corrected chi connectivity index (χ3v) is 6.28. The summed E-state index contributed by atoms with van der Waals surface area (Å²) in [4.78, 5) is 13.7. The van der Waals surface area contributed by atoms with E-state index in [0.29, 0.717) is 12.5 Å². The summed E-state index contributed by atoms with van der Waals surface area (Å²) >= 11 is 1.73. The maximum absolute atomic E-state index is 12.4. The first-order chi connectivity index (χ1) is 12.1. The van der Waals surface area contributed by atoms with Crippen molar-refractivity contribution in [1.29, 1.82) is 0 Å². The van der Waals surface area contributed by atoms with Crippen LogP contribution in [0.25, 0.3) is 0 Å². The lowest BCUT2D eigenvalue weighted by Gasteiger charge is -2.24. The third-order valence-electron chi connectivity index (χ3n) is 5.33. The van der Waals surface area contributed by atoms with Crippen molar-refractivity contribution in [2.24, 2.45) is 13.0 Å². The summed E-state index contributed by atoms with van der Waals surface area (Å²) in [5.74, 6) is 0.562. The number of rotatable bonds is 6. The Morgan fingerprint density at radius 3 is 2.76 bits per heavy atom. The van der Waals surface area contributed by atoms with Gasteiger partial charge in [-0.3, -0.25) is 4.68 Å². The van der Waals surface area contributed by atoms with Crippen LogP contribution >= 0.6 is 11.3 Å². The monoisotopic (exact) mass is 360 g/mol. The second kappa shape index (κ2) is 8.04. The molecule has 1 atom stereocenters. The van der Waals surface area contributed by atoms with Gasteiger partial charge in [0.15, 0.2) is 0 Å². The van der Waals surface area contributed by atoms with E-state index >= 15 is 0 Å². The van der Waals surface area contributed by atoms with Crippen LogP contribution in [0.5, 0.6) is 0 Å². The highest BCUT2D eigenvalue weighted by Gasteiger charge is 2.28. The molecule has 136 valence electrons. The SMILES string of the molecule is Cc1nn(C)c(C)c1CCNC(=O)N[C@H](c1cccs1)C1CCCC1. The van der Waals surface area contributed by atoms with Gasteiger partial charge in [-0.2, -0.15) is 5.10 Å². The van der Waals surface area contributed by atoms with E-state index in [0.717, 1.165) is 12.1 Å². The fraction of sp³-hybridized carbons (Fsp3) is 0.579. The molecule has 1 fully saturated rings. The predicted molar refractivity (Wildman–Crippen MR) is 102 cm³/mol. The highest BCUT2D eigenvalue weighted by molar-refractivity contribution is 7.10. The summed E-state index contributed by atoms with van der Waals surface area (Å²) in [6.45, 7) is 4.72. The lowest BCUT2D eigenvalue weighted by atomic mass is 9.97. The van der Waals surface area contributed by atoms with Crippen LogP contribution < -0.4 is 10.6 Å². The van der Waals surface area contributed by atoms with Gasteiger partial charge in [-0.15, -0.1) is 11.3 Å². The number of amides is 2. The quantitative estimate of drug-likeness (QED) is 0.821. The number of urea groups is 1. The van der Waals surface area contributed by atoms with E-state index in [1.165, 1.54) is 41.8 Å². The molecule has 0 aromatic carbocycles. The van der Waals surface area contributed by atoms with Crippen LogP contribution in [0.4, 0.5) is 4.79 Å². The van der Waals surface area contributed by atoms with Gasteiger partial charge in [0.1, 0.15) is 0 Å². The molecule has 2 aromatic rings. The Hall–Kier alpha value is -1.82. The van der Waals surface area contributed by atoms with E-state index in [1.54, 1.807) is 11.3 Å². The number of nitrogens with one attached hydrogen (secondary N) is 2. The largest absolute Gasteiger partial charge is 0.338 e. The maximum atomic E-state index is 12.4. The molecule has 2 N–H and O–H groups in total. The highest BCUT2D eigenvalue weighted by atomic mass is 32.1. The van der Waals surface area contributed by atoms with Crippen molar-refractivity contribution in [2.75, 3.05) is 6.54 Å². The van der Waals surface area contributed by atoms with Gasteiger partial charge in [-0.1, -0.05) is 18.9 Å². The van der Waals surface area contributed by atoms with Crippen LogP contribution in [0.1, 0.15) is 53.6 Å². The highest BCUT2D eigenvalue weighted by Crippen LogP contribution is 2.37. The zero-order valence-corrected chi connectivity index (χ0v) is 16.2. The number of hydrogen-bond acceptors (Lipinski definition) is 3. The number of aryl methyl sites for hydroxylation is 2. The zero-order valence-electron chi connectivity index (χ0n) is 15.3. The number of thiophene rings is 1. The zero-order chi connectivity index (χ0) is 17.8. The van der Waals surface area contributed by atoms with E-state index in [4.69, 9.17) is 0 Å². The minimum absolute atomic E-state index is 0.0653. The Morgan fingerprint density at radius 1 is 1.40 bits per heavy atom. The summed E-state index contributed by atoms with van der Waals surface area (Å²) in [5.41, 5.74) is 3.44. The first kappa shape index (κ1) is 18.0. The molecule has 2 amide bonds. The van der Waals surface area contributed by atoms with Gasteiger partial charge in [0, 0.05) is 24.2 Å². The molecule has 0 unspecified atom stereocenters. The fourth-order valence-corrected chi connectivity index (χ4v) is 4.72. The van der Waals surface area contributed by atoms with Gasteiger partial charge >= 0.3 is 6.03 Å². The van der Waals surface area contributed by atoms with Gasteiger partial charge in [0.05, 0.1) is 11.7 Å². The first-order valence-corrected chi connectivity index (χ1v) is 10.0. The molecule has 2 aromatic heterocycles. The van der Waals surface area contributed by atoms with Crippen LogP contribution in [0.2, 0.25) is 0 Å². The van der Waals surface area contributed by atoms with Gasteiger partial charge in [0.2, 0.25) is 0 Å². The molecule has 6 heteroatoms. The summed E-state index contributed by atoms with van der Waals surface area (Å²) in [7, 11) is 1.96. The minimum atomic E-state index is -0.0653. The average molecular weight is 361 g/mol. The molecule has 0 saturated heterocycles. The molecule has 1 aliphatic carbocycles. The second-order valence-electron chi connectivity index (χ2n) is 6.96. The van der Waals surface area contributed by atoms with Gasteiger partial charge < -0.3 is 10.6 Å². The molecular formula is C19H28N4OS. The van der Waals surface area contributed by atoms with Gasteiger partial charge in [0.25, 0.3) is 0 Å². The number of carbonyl (C=O) groups is 1. The smallest absolute Gasteiger partial charge is 0.315 e. The molecule has 0 bridgehead atoms. The summed E-state index contributed by atoms with van der Waals surface area (Å²) in [6.07, 6.45) is 5.77. The van der Waals surface area contributed by atoms with E-state index in [2.05, 4.69) is 40.2 Å². The van der Waals surface area contributed by atoms with Crippen LogP contribution in [-0.2, 0) is 13.5 Å². The molecule has 3 rings (SSSR count). The van der Waals surface area contributed by atoms with Crippen molar-refractivity contribution in [1.82, 2.24) is 20.4 Å². The van der Waals surface area contributed by atoms with E-state index in [-0.39, 0.29) is 12.1 Å². The summed E-state index contributed by atoms with van der Waals surface area (Å²) in [6, 6.07) is 4.28. The van der Waals surface area contributed by atoms with Crippen molar-refractivity contribution in [2.45, 2.75) is 52.0 Å². The molecular weight excluding hydrogens is 332 g/mol. The summed E-state index contributed by atoms with van der Waals surface area (Å²) < 4.78 is 1.90. The van der Waals surface area contributed by atoms with Crippen molar-refractivity contribution in [3.8, 4) is 0 Å². The van der Waals surface area contributed by atoms with Crippen molar-refractivity contribution in [3.05, 3.63) is 39.3 Å². The summed E-state index contributed by atoms with van der Waals surface area (Å²) in [5, 5.41) is 12.8. The van der Waals surface area contributed by atoms with E-state index < -0.39 is 0 Å². The normalized spacial score (nSPS) is 16.1. The standard InChI is InChI=1S/C19H28N4OS/c1-13-16(14(2)23(3)22-13)10-11-20-19(24)21-18(15-7-4-5-8-15)17-9-6-12-25-17/h6,9,12,15,18H,4-5,7-8,10-11H2,1-3H3,(H2,20,21,24)/t18-/m0/s1. The van der Waals surface area contributed by atoms with Crippen molar-refractivity contribution in [3.63, 3.8) is 0 Å². The Labute approximate surface area is 153 Å². The van der Waals surface area contributed by atoms with Crippen LogP contribution in [-0.4, -0.2) is 22.4 Å². The average Bonchev–Trinajstić information content (AvgIpc) is 3.32. The van der Waals surface area contributed by atoms with E-state index in [1.807, 2.05) is 18.7 Å². The minimum Gasteiger partial charge on any atom is -0.338 e. The topological polar surface area (TPSA) is 59.0 Å². The van der Waals surface area contributed by atoms with E-state index in [9.17, 15) is 4.79 Å². The molecule has 1 saturated carbocycles. The predicted octanol–water partition coefficient (Wildman–Crippen LogP) is 3.87. The Morgan fingerprint density at radius 2 is 2.16 bits per heavy atom. The fourth-order valence-electron chi connectivity index (χ4n) is 3.85. The molecule has 25 heavy (non-hydrogen) atoms. The Kier molecular flexibility index (Phi) is 5.78. The first-order valence-electron chi connectivity index (χ1n) is 9.13. The lowest BCUT2D eigenvalue weighted by Crippen LogP contribution is -2.40. The number of aromatic nitrogens is 2. The van der Waals surface area contributed by atoms with Crippen LogP contribution in [0.3, 0.4) is 0 Å². The molecule has 5 nitrogen and oxygen atoms in total. The van der Waals surface area contributed by atoms with Gasteiger partial charge in [-0.05, 0) is 56.0 Å². The lowest BCUT2D eigenvalue weighted by molar-refractivity contribution is 0.231. The van der Waals surface area contributed by atoms with Crippen LogP contribution in [0.15, 0.2) is 17.5 Å². The molecule has 2 heterocycles. The number of carbonyl (C=O) groups excluding carboxylic acids is 1. The van der Waals surface area contributed by atoms with Gasteiger partial charge in [-0.25, -0.2) is 4.79 Å². The maximum Gasteiger partial charge on any atom is 0.315 e. The van der Waals surface area contributed by atoms with Crippen LogP contribution in [0, 0.1) is 19.8 Å². The molecule has 0 aliphatic heterocycles. The Bertz CT molecular complexity index is 701. The van der Waals surface area contributed by atoms with Crippen molar-refractivity contribution >= 4 is 17.4 Å². The van der Waals surface area contributed by atoms with Crippen molar-refractivity contribution < 1.29 is 4.79 Å². The second-order valence-corrected chi connectivity index (χ2v) is 7.94. The number of hydrogen-bond donors (Lipinski definition) is 2. The molecule has 1 aliphatic rings. The molecule has 0 radical (unpaired) electrons. The third kappa shape index (κ3) is 4.24. The Balaban J connectivity index is 1.55.